The van der Waals surface area contributed by atoms with E-state index in [1.165, 1.54) is 29.7 Å². The number of hydrogen-bond acceptors (Lipinski definition) is 7. The van der Waals surface area contributed by atoms with Gasteiger partial charge in [0.05, 0.1) is 5.51 Å². The van der Waals surface area contributed by atoms with Gasteiger partial charge in [-0.1, -0.05) is 0 Å². The van der Waals surface area contributed by atoms with Crippen LogP contribution in [-0.4, -0.2) is 18.4 Å². The number of nitrogen functional groups attached to an aromatic ring is 1. The third-order valence-corrected chi connectivity index (χ3v) is 4.33. The maximum atomic E-state index is 12.0. The molecule has 0 amide bonds. The fourth-order valence-electron chi connectivity index (χ4n) is 1.29. The number of rotatable bonds is 5. The molecule has 0 unspecified atom stereocenters. The Hall–Kier alpha value is -1.55. The highest BCUT2D eigenvalue weighted by Crippen LogP contribution is 2.17. The van der Waals surface area contributed by atoms with Crippen molar-refractivity contribution in [1.82, 2.24) is 14.7 Å². The smallest absolute Gasteiger partial charge is 0.244 e. The molecule has 2 heterocycles. The number of nitrogens with one attached hydrogen (secondary N) is 2. The number of pyridine rings is 1. The molecule has 96 valence electrons. The first-order valence-corrected chi connectivity index (χ1v) is 7.28. The van der Waals surface area contributed by atoms with Crippen LogP contribution in [0.4, 0.5) is 5.82 Å². The molecule has 2 aromatic rings. The molecule has 0 aliphatic rings. The van der Waals surface area contributed by atoms with Crippen molar-refractivity contribution in [3.8, 4) is 0 Å². The number of anilines is 1. The van der Waals surface area contributed by atoms with Gasteiger partial charge in [0, 0.05) is 23.8 Å². The van der Waals surface area contributed by atoms with Crippen molar-refractivity contribution in [2.24, 2.45) is 5.84 Å². The van der Waals surface area contributed by atoms with E-state index in [-0.39, 0.29) is 17.3 Å². The zero-order valence-corrected chi connectivity index (χ0v) is 10.8. The van der Waals surface area contributed by atoms with E-state index in [1.807, 2.05) is 0 Å². The zero-order chi connectivity index (χ0) is 13.0. The highest BCUT2D eigenvalue weighted by molar-refractivity contribution is 7.89. The van der Waals surface area contributed by atoms with Gasteiger partial charge in [-0.25, -0.2) is 24.0 Å². The van der Waals surface area contributed by atoms with E-state index in [0.717, 1.165) is 4.88 Å². The van der Waals surface area contributed by atoms with Gasteiger partial charge in [0.1, 0.15) is 4.90 Å². The molecule has 0 saturated heterocycles. The molecular weight excluding hydrogens is 274 g/mol. The number of hydrogen-bond donors (Lipinski definition) is 3. The summed E-state index contributed by atoms with van der Waals surface area (Å²) >= 11 is 1.37. The summed E-state index contributed by atoms with van der Waals surface area (Å²) in [6.45, 7) is 0.186. The number of aromatic nitrogens is 2. The predicted octanol–water partition coefficient (Wildman–Crippen LogP) is 0.302. The third kappa shape index (κ3) is 2.82. The van der Waals surface area contributed by atoms with Crippen molar-refractivity contribution in [1.29, 1.82) is 0 Å². The van der Waals surface area contributed by atoms with Crippen molar-refractivity contribution in [3.63, 3.8) is 0 Å². The van der Waals surface area contributed by atoms with Gasteiger partial charge in [-0.05, 0) is 12.1 Å². The van der Waals surface area contributed by atoms with E-state index in [4.69, 9.17) is 5.84 Å². The molecule has 0 aromatic carbocycles. The van der Waals surface area contributed by atoms with Crippen LogP contribution in [0.2, 0.25) is 0 Å². The molecule has 0 radical (unpaired) electrons. The van der Waals surface area contributed by atoms with Gasteiger partial charge in [-0.15, -0.1) is 11.3 Å². The number of hydrazine groups is 1. The Morgan fingerprint density at radius 2 is 2.28 bits per heavy atom. The lowest BCUT2D eigenvalue weighted by Gasteiger charge is -2.08. The first kappa shape index (κ1) is 12.9. The van der Waals surface area contributed by atoms with E-state index in [9.17, 15) is 8.42 Å². The number of thiazole rings is 1. The summed E-state index contributed by atoms with van der Waals surface area (Å²) < 4.78 is 26.5. The normalized spacial score (nSPS) is 11.4. The molecule has 0 spiro atoms. The fourth-order valence-corrected chi connectivity index (χ4v) is 3.04. The average Bonchev–Trinajstić information content (AvgIpc) is 2.89. The van der Waals surface area contributed by atoms with Crippen molar-refractivity contribution in [3.05, 3.63) is 34.9 Å². The van der Waals surface area contributed by atoms with Gasteiger partial charge >= 0.3 is 0 Å². The largest absolute Gasteiger partial charge is 0.307 e. The Morgan fingerprint density at radius 1 is 1.44 bits per heavy atom. The highest BCUT2D eigenvalue weighted by Gasteiger charge is 2.18. The lowest BCUT2D eigenvalue weighted by molar-refractivity contribution is 0.581. The molecule has 4 N–H and O–H groups in total. The second kappa shape index (κ2) is 5.40. The summed E-state index contributed by atoms with van der Waals surface area (Å²) in [7, 11) is -3.66. The minimum absolute atomic E-state index is 0.0111. The number of nitrogens with zero attached hydrogens (tertiary/aromatic N) is 2. The van der Waals surface area contributed by atoms with Crippen LogP contribution >= 0.6 is 11.3 Å². The maximum absolute atomic E-state index is 12.0. The monoisotopic (exact) mass is 285 g/mol. The average molecular weight is 285 g/mol. The SMILES string of the molecule is NNc1ncccc1S(=O)(=O)NCc1cncs1. The topological polar surface area (TPSA) is 110 Å². The molecule has 0 atom stereocenters. The third-order valence-electron chi connectivity index (χ3n) is 2.12. The molecule has 9 heteroatoms. The van der Waals surface area contributed by atoms with Gasteiger partial charge in [-0.3, -0.25) is 4.98 Å². The first-order valence-electron chi connectivity index (χ1n) is 4.92. The Balaban J connectivity index is 2.20. The van der Waals surface area contributed by atoms with Crippen LogP contribution in [0, 0.1) is 0 Å². The molecule has 2 rings (SSSR count). The minimum Gasteiger partial charge on any atom is -0.307 e. The Morgan fingerprint density at radius 3 is 2.94 bits per heavy atom. The molecule has 0 bridgehead atoms. The summed E-state index contributed by atoms with van der Waals surface area (Å²) in [4.78, 5) is 8.55. The van der Waals surface area contributed by atoms with Crippen molar-refractivity contribution in [2.45, 2.75) is 11.4 Å². The van der Waals surface area contributed by atoms with Gasteiger partial charge in [0.2, 0.25) is 10.0 Å². The highest BCUT2D eigenvalue weighted by atomic mass is 32.2. The second-order valence-corrected chi connectivity index (χ2v) is 5.99. The Kier molecular flexibility index (Phi) is 3.87. The van der Waals surface area contributed by atoms with Crippen LogP contribution in [0.25, 0.3) is 0 Å². The van der Waals surface area contributed by atoms with E-state index >= 15 is 0 Å². The van der Waals surface area contributed by atoms with Crippen LogP contribution in [0.15, 0.2) is 34.9 Å². The molecule has 0 fully saturated rings. The summed E-state index contributed by atoms with van der Waals surface area (Å²) in [6, 6.07) is 2.96. The molecule has 2 aromatic heterocycles. The lowest BCUT2D eigenvalue weighted by Crippen LogP contribution is -2.25. The summed E-state index contributed by atoms with van der Waals surface area (Å²) in [6.07, 6.45) is 3.07. The quantitative estimate of drug-likeness (QED) is 0.538. The molecular formula is C9H11N5O2S2. The van der Waals surface area contributed by atoms with Crippen molar-refractivity contribution < 1.29 is 8.42 Å². The fraction of sp³-hybridized carbons (Fsp3) is 0.111. The molecule has 7 nitrogen and oxygen atoms in total. The van der Waals surface area contributed by atoms with Gasteiger partial charge in [0.25, 0.3) is 0 Å². The summed E-state index contributed by atoms with van der Waals surface area (Å²) in [5.41, 5.74) is 3.89. The number of nitrogens with two attached hydrogens (primary N) is 1. The van der Waals surface area contributed by atoms with E-state index in [1.54, 1.807) is 11.7 Å². The molecule has 0 saturated carbocycles. The van der Waals surface area contributed by atoms with Crippen LogP contribution < -0.4 is 16.0 Å². The van der Waals surface area contributed by atoms with Crippen LogP contribution in [-0.2, 0) is 16.6 Å². The predicted molar refractivity (Wildman–Crippen MR) is 68.2 cm³/mol. The minimum atomic E-state index is -3.66. The summed E-state index contributed by atoms with van der Waals surface area (Å²) in [5.74, 6) is 5.33. The van der Waals surface area contributed by atoms with E-state index in [0.29, 0.717) is 0 Å². The van der Waals surface area contributed by atoms with E-state index < -0.39 is 10.0 Å². The maximum Gasteiger partial charge on any atom is 0.244 e. The Labute approximate surface area is 108 Å². The molecule has 0 aliphatic carbocycles. The second-order valence-electron chi connectivity index (χ2n) is 3.29. The molecule has 18 heavy (non-hydrogen) atoms. The first-order chi connectivity index (χ1) is 8.63. The zero-order valence-electron chi connectivity index (χ0n) is 9.20. The van der Waals surface area contributed by atoms with Gasteiger partial charge in [0.15, 0.2) is 5.82 Å². The number of sulfonamides is 1. The van der Waals surface area contributed by atoms with Gasteiger partial charge in [-0.2, -0.15) is 0 Å². The summed E-state index contributed by atoms with van der Waals surface area (Å²) in [5, 5.41) is 0. The van der Waals surface area contributed by atoms with Crippen LogP contribution in [0.5, 0.6) is 0 Å². The lowest BCUT2D eigenvalue weighted by atomic mass is 10.5. The molecule has 0 aliphatic heterocycles. The van der Waals surface area contributed by atoms with Crippen LogP contribution in [0.1, 0.15) is 4.88 Å². The van der Waals surface area contributed by atoms with Crippen LogP contribution in [0.3, 0.4) is 0 Å². The standard InChI is InChI=1S/C9H11N5O2S2/c10-14-9-8(2-1-3-12-9)18(15,16)13-5-7-4-11-6-17-7/h1-4,6,13H,5,10H2,(H,12,14). The Bertz CT molecular complexity index is 612. The van der Waals surface area contributed by atoms with Gasteiger partial charge < -0.3 is 5.43 Å². The van der Waals surface area contributed by atoms with Crippen molar-refractivity contribution >= 4 is 27.2 Å². The van der Waals surface area contributed by atoms with E-state index in [2.05, 4.69) is 20.1 Å². The van der Waals surface area contributed by atoms with Crippen molar-refractivity contribution in [2.75, 3.05) is 5.43 Å².